The quantitative estimate of drug-likeness (QED) is 0.366. The minimum atomic E-state index is -0.250. The highest BCUT2D eigenvalue weighted by Gasteiger charge is 2.46. The zero-order valence-electron chi connectivity index (χ0n) is 20.7. The molecule has 0 saturated carbocycles. The van der Waals surface area contributed by atoms with Crippen molar-refractivity contribution in [1.29, 1.82) is 0 Å². The molecule has 2 aliphatic rings. The van der Waals surface area contributed by atoms with E-state index in [0.29, 0.717) is 5.02 Å². The largest absolute Gasteiger partial charge is 0.483 e. The molecule has 0 radical (unpaired) electrons. The van der Waals surface area contributed by atoms with Crippen molar-refractivity contribution in [1.82, 2.24) is 19.6 Å². The molecular weight excluding hydrogens is 495 g/mol. The van der Waals surface area contributed by atoms with Crippen molar-refractivity contribution in [2.45, 2.75) is 39.2 Å². The maximum Gasteiger partial charge on any atom is 0.290 e. The SMILES string of the molecule is Cc1nccc(-c2c(C)nc(N3CCC4(CC3)Cc3cc(F)ccc3[C@H]4N)c3ccnn23)c1Cl.O=CO. The summed E-state index contributed by atoms with van der Waals surface area (Å²) < 4.78 is 15.7. The lowest BCUT2D eigenvalue weighted by Crippen LogP contribution is -2.44. The van der Waals surface area contributed by atoms with Gasteiger partial charge in [-0.15, -0.1) is 0 Å². The maximum atomic E-state index is 13.8. The van der Waals surface area contributed by atoms with Crippen LogP contribution in [0.2, 0.25) is 5.02 Å². The third-order valence-electron chi connectivity index (χ3n) is 7.72. The molecule has 1 aromatic carbocycles. The first-order chi connectivity index (χ1) is 17.8. The zero-order valence-corrected chi connectivity index (χ0v) is 21.4. The highest BCUT2D eigenvalue weighted by Crippen LogP contribution is 2.51. The first kappa shape index (κ1) is 25.1. The van der Waals surface area contributed by atoms with Gasteiger partial charge in [0, 0.05) is 30.9 Å². The van der Waals surface area contributed by atoms with Crippen LogP contribution in [0.1, 0.15) is 41.4 Å². The van der Waals surface area contributed by atoms with E-state index >= 15 is 0 Å². The normalized spacial score (nSPS) is 18.0. The number of carboxylic acid groups (broad SMARTS) is 1. The van der Waals surface area contributed by atoms with E-state index < -0.39 is 0 Å². The monoisotopic (exact) mass is 522 g/mol. The van der Waals surface area contributed by atoms with Gasteiger partial charge in [-0.25, -0.2) is 13.9 Å². The summed E-state index contributed by atoms with van der Waals surface area (Å²) in [7, 11) is 0. The molecule has 0 unspecified atom stereocenters. The average Bonchev–Trinajstić information content (AvgIpc) is 3.45. The van der Waals surface area contributed by atoms with Gasteiger partial charge < -0.3 is 15.7 Å². The van der Waals surface area contributed by atoms with Crippen molar-refractivity contribution in [3.63, 3.8) is 0 Å². The Balaban J connectivity index is 0.000000892. The molecular formula is C27H28ClFN6O2. The Morgan fingerprint density at radius 3 is 2.62 bits per heavy atom. The third-order valence-corrected chi connectivity index (χ3v) is 8.20. The first-order valence-corrected chi connectivity index (χ1v) is 12.5. The van der Waals surface area contributed by atoms with E-state index in [-0.39, 0.29) is 23.7 Å². The lowest BCUT2D eigenvalue weighted by atomic mass is 9.73. The fourth-order valence-electron chi connectivity index (χ4n) is 5.85. The van der Waals surface area contributed by atoms with Crippen molar-refractivity contribution in [3.05, 3.63) is 76.1 Å². The Labute approximate surface area is 218 Å². The Hall–Kier alpha value is -3.56. The molecule has 4 heterocycles. The molecule has 1 atom stereocenters. The van der Waals surface area contributed by atoms with Crippen LogP contribution in [-0.2, 0) is 11.2 Å². The van der Waals surface area contributed by atoms with Crippen LogP contribution >= 0.6 is 11.6 Å². The second-order valence-electron chi connectivity index (χ2n) is 9.71. The van der Waals surface area contributed by atoms with Crippen LogP contribution in [0, 0.1) is 25.1 Å². The van der Waals surface area contributed by atoms with Crippen LogP contribution in [0.25, 0.3) is 16.8 Å². The predicted molar refractivity (Wildman–Crippen MR) is 140 cm³/mol. The number of nitrogens with two attached hydrogens (primary N) is 1. The third kappa shape index (κ3) is 4.22. The van der Waals surface area contributed by atoms with E-state index in [1.54, 1.807) is 18.5 Å². The molecule has 1 aliphatic heterocycles. The molecule has 4 aromatic rings. The number of nitrogens with zero attached hydrogens (tertiary/aromatic N) is 5. The molecule has 1 fully saturated rings. The van der Waals surface area contributed by atoms with Crippen LogP contribution in [0.4, 0.5) is 10.2 Å². The van der Waals surface area contributed by atoms with Gasteiger partial charge in [0.15, 0.2) is 5.82 Å². The molecule has 37 heavy (non-hydrogen) atoms. The molecule has 3 N–H and O–H groups in total. The molecule has 1 aliphatic carbocycles. The molecule has 0 amide bonds. The molecule has 8 nitrogen and oxygen atoms in total. The van der Waals surface area contributed by atoms with Crippen molar-refractivity contribution in [2.75, 3.05) is 18.0 Å². The number of fused-ring (bicyclic) bond motifs is 2. The van der Waals surface area contributed by atoms with Gasteiger partial charge in [0.25, 0.3) is 6.47 Å². The summed E-state index contributed by atoms with van der Waals surface area (Å²) in [5.41, 5.74) is 13.2. The summed E-state index contributed by atoms with van der Waals surface area (Å²) in [6, 6.07) is 8.89. The first-order valence-electron chi connectivity index (χ1n) is 12.1. The summed E-state index contributed by atoms with van der Waals surface area (Å²) in [6.07, 6.45) is 6.26. The van der Waals surface area contributed by atoms with Crippen LogP contribution in [0.15, 0.2) is 42.7 Å². The number of hydrogen-bond acceptors (Lipinski definition) is 6. The van der Waals surface area contributed by atoms with Gasteiger partial charge in [-0.1, -0.05) is 17.7 Å². The lowest BCUT2D eigenvalue weighted by Gasteiger charge is -2.42. The second-order valence-corrected chi connectivity index (χ2v) is 10.1. The van der Waals surface area contributed by atoms with Gasteiger partial charge in [-0.3, -0.25) is 9.78 Å². The van der Waals surface area contributed by atoms with Crippen LogP contribution in [-0.4, -0.2) is 44.3 Å². The number of anilines is 1. The van der Waals surface area contributed by atoms with Crippen LogP contribution < -0.4 is 10.6 Å². The van der Waals surface area contributed by atoms with Gasteiger partial charge in [0.1, 0.15) is 11.3 Å². The lowest BCUT2D eigenvalue weighted by molar-refractivity contribution is -0.122. The molecule has 1 spiro atoms. The highest BCUT2D eigenvalue weighted by atomic mass is 35.5. The highest BCUT2D eigenvalue weighted by molar-refractivity contribution is 6.33. The Morgan fingerprint density at radius 1 is 1.16 bits per heavy atom. The van der Waals surface area contributed by atoms with Crippen LogP contribution in [0.3, 0.4) is 0 Å². The minimum Gasteiger partial charge on any atom is -0.483 e. The number of piperidine rings is 1. The van der Waals surface area contributed by atoms with Crippen LogP contribution in [0.5, 0.6) is 0 Å². The summed E-state index contributed by atoms with van der Waals surface area (Å²) >= 11 is 6.61. The van der Waals surface area contributed by atoms with Crippen molar-refractivity contribution in [2.24, 2.45) is 11.1 Å². The van der Waals surface area contributed by atoms with Gasteiger partial charge in [-0.2, -0.15) is 5.10 Å². The Kier molecular flexibility index (Phi) is 6.59. The standard InChI is InChI=1S/C26H26ClFN6.CH2O2/c1-15-22(27)20(5-9-30-15)23-16(2)32-25(21-6-10-31-34(21)23)33-11-7-26(8-12-33)14-17-13-18(28)3-4-19(17)24(26)29;2-1-3/h3-6,9-10,13,24H,7-8,11-12,14,29H2,1-2H3;1H,(H,2,3)/t24-;/m1./s1. The molecule has 0 bridgehead atoms. The number of halogens is 2. The van der Waals surface area contributed by atoms with E-state index in [2.05, 4.69) is 15.0 Å². The van der Waals surface area contributed by atoms with Gasteiger partial charge in [0.2, 0.25) is 0 Å². The number of hydrogen-bond donors (Lipinski definition) is 2. The Morgan fingerprint density at radius 2 is 1.89 bits per heavy atom. The van der Waals surface area contributed by atoms with E-state index in [4.69, 9.17) is 32.2 Å². The van der Waals surface area contributed by atoms with Gasteiger partial charge >= 0.3 is 0 Å². The second kappa shape index (κ2) is 9.72. The summed E-state index contributed by atoms with van der Waals surface area (Å²) in [6.45, 7) is 5.32. The zero-order chi connectivity index (χ0) is 26.3. The van der Waals surface area contributed by atoms with Gasteiger partial charge in [0.05, 0.1) is 28.3 Å². The smallest absolute Gasteiger partial charge is 0.290 e. The fraction of sp³-hybridized carbons (Fsp3) is 0.333. The Bertz CT molecular complexity index is 1480. The molecule has 3 aromatic heterocycles. The summed E-state index contributed by atoms with van der Waals surface area (Å²) in [4.78, 5) is 20.0. The number of benzene rings is 1. The summed E-state index contributed by atoms with van der Waals surface area (Å²) in [5.74, 6) is 0.735. The van der Waals surface area contributed by atoms with E-state index in [1.165, 1.54) is 6.07 Å². The van der Waals surface area contributed by atoms with E-state index in [9.17, 15) is 4.39 Å². The molecule has 10 heteroatoms. The number of aromatic nitrogens is 4. The predicted octanol–water partition coefficient (Wildman–Crippen LogP) is 4.74. The number of rotatable bonds is 2. The molecule has 6 rings (SSSR count). The number of aryl methyl sites for hydroxylation is 2. The van der Waals surface area contributed by atoms with Crippen molar-refractivity contribution in [3.8, 4) is 11.3 Å². The topological polar surface area (TPSA) is 110 Å². The maximum absolute atomic E-state index is 13.8. The fourth-order valence-corrected chi connectivity index (χ4v) is 6.05. The van der Waals surface area contributed by atoms with Crippen molar-refractivity contribution >= 4 is 29.4 Å². The van der Waals surface area contributed by atoms with E-state index in [1.807, 2.05) is 36.6 Å². The minimum absolute atomic E-state index is 0.0275. The summed E-state index contributed by atoms with van der Waals surface area (Å²) in [5, 5.41) is 12.1. The number of carbonyl (C=O) groups is 1. The molecule has 1 saturated heterocycles. The van der Waals surface area contributed by atoms with E-state index in [0.717, 1.165) is 77.5 Å². The average molecular weight is 523 g/mol. The number of pyridine rings is 1. The molecule has 192 valence electrons. The van der Waals surface area contributed by atoms with Gasteiger partial charge in [-0.05, 0) is 73.9 Å². The van der Waals surface area contributed by atoms with Crippen molar-refractivity contribution < 1.29 is 14.3 Å².